The van der Waals surface area contributed by atoms with Crippen molar-refractivity contribution in [2.75, 3.05) is 6.61 Å². The van der Waals surface area contributed by atoms with Gasteiger partial charge in [0.25, 0.3) is 0 Å². The molecule has 204 valence electrons. The van der Waals surface area contributed by atoms with Gasteiger partial charge in [0.05, 0.1) is 0 Å². The van der Waals surface area contributed by atoms with Crippen molar-refractivity contribution in [3.8, 4) is 16.9 Å². The van der Waals surface area contributed by atoms with Crippen molar-refractivity contribution >= 4 is 0 Å². The zero-order valence-corrected chi connectivity index (χ0v) is 21.8. The van der Waals surface area contributed by atoms with Gasteiger partial charge in [0.2, 0.25) is 0 Å². The summed E-state index contributed by atoms with van der Waals surface area (Å²) in [5.41, 5.74) is 2.15. The number of alkyl halides is 3. The van der Waals surface area contributed by atoms with Crippen LogP contribution in [0.2, 0.25) is 0 Å². The Morgan fingerprint density at radius 3 is 2.11 bits per heavy atom. The second kappa shape index (κ2) is 12.6. The molecule has 1 unspecified atom stereocenters. The first-order chi connectivity index (χ1) is 17.7. The Labute approximate surface area is 217 Å². The van der Waals surface area contributed by atoms with E-state index in [2.05, 4.69) is 11.7 Å². The maximum absolute atomic E-state index is 14.3. The van der Waals surface area contributed by atoms with Crippen molar-refractivity contribution in [3.63, 3.8) is 0 Å². The molecule has 0 heterocycles. The molecular formula is C31H39F5O. The average molecular weight is 523 g/mol. The molecule has 2 aliphatic rings. The van der Waals surface area contributed by atoms with Gasteiger partial charge in [-0.2, -0.15) is 13.2 Å². The Morgan fingerprint density at radius 1 is 0.784 bits per heavy atom. The Kier molecular flexibility index (Phi) is 9.52. The highest BCUT2D eigenvalue weighted by molar-refractivity contribution is 5.65. The SMILES string of the molecule is CCCCCCCC1CC[C@@H]2C[C@H](c3ccc(-c4cc(F)c(OCC(F)(F)F)c(F)c4)cc3)CC[C@@H]2C1. The molecule has 0 saturated heterocycles. The van der Waals surface area contributed by atoms with Crippen molar-refractivity contribution in [2.24, 2.45) is 17.8 Å². The molecule has 6 heteroatoms. The highest BCUT2D eigenvalue weighted by Gasteiger charge is 2.36. The summed E-state index contributed by atoms with van der Waals surface area (Å²) >= 11 is 0. The molecule has 0 aliphatic heterocycles. The van der Waals surface area contributed by atoms with E-state index in [0.29, 0.717) is 11.5 Å². The van der Waals surface area contributed by atoms with E-state index in [1.54, 1.807) is 0 Å². The molecule has 0 aromatic heterocycles. The lowest BCUT2D eigenvalue weighted by atomic mass is 9.63. The van der Waals surface area contributed by atoms with Gasteiger partial charge in [0.15, 0.2) is 24.0 Å². The summed E-state index contributed by atoms with van der Waals surface area (Å²) in [5.74, 6) is -0.217. The third-order valence-corrected chi connectivity index (χ3v) is 8.53. The summed E-state index contributed by atoms with van der Waals surface area (Å²) in [6, 6.07) is 9.81. The first-order valence-corrected chi connectivity index (χ1v) is 14.0. The van der Waals surface area contributed by atoms with E-state index in [1.165, 1.54) is 82.6 Å². The fourth-order valence-electron chi connectivity index (χ4n) is 6.55. The highest BCUT2D eigenvalue weighted by atomic mass is 19.4. The van der Waals surface area contributed by atoms with Crippen LogP contribution in [-0.4, -0.2) is 12.8 Å². The van der Waals surface area contributed by atoms with Crippen LogP contribution in [0, 0.1) is 29.4 Å². The van der Waals surface area contributed by atoms with Crippen LogP contribution in [0.5, 0.6) is 5.75 Å². The van der Waals surface area contributed by atoms with Crippen molar-refractivity contribution in [1.82, 2.24) is 0 Å². The number of halogens is 5. The van der Waals surface area contributed by atoms with Crippen LogP contribution in [0.25, 0.3) is 11.1 Å². The predicted octanol–water partition coefficient (Wildman–Crippen LogP) is 10.2. The second-order valence-corrected chi connectivity index (χ2v) is 11.2. The second-order valence-electron chi connectivity index (χ2n) is 11.2. The summed E-state index contributed by atoms with van der Waals surface area (Å²) in [4.78, 5) is 0. The molecule has 2 fully saturated rings. The first-order valence-electron chi connectivity index (χ1n) is 14.0. The van der Waals surface area contributed by atoms with Crippen LogP contribution < -0.4 is 4.74 Å². The number of hydrogen-bond donors (Lipinski definition) is 0. The van der Waals surface area contributed by atoms with Gasteiger partial charge >= 0.3 is 6.18 Å². The summed E-state index contributed by atoms with van der Waals surface area (Å²) in [7, 11) is 0. The van der Waals surface area contributed by atoms with E-state index >= 15 is 0 Å². The Bertz CT molecular complexity index is 977. The van der Waals surface area contributed by atoms with Crippen molar-refractivity contribution in [3.05, 3.63) is 53.6 Å². The quantitative estimate of drug-likeness (QED) is 0.223. The van der Waals surface area contributed by atoms with E-state index in [-0.39, 0.29) is 5.56 Å². The third-order valence-electron chi connectivity index (χ3n) is 8.53. The lowest BCUT2D eigenvalue weighted by Gasteiger charge is -2.42. The Morgan fingerprint density at radius 2 is 1.43 bits per heavy atom. The molecule has 2 saturated carbocycles. The molecule has 1 nitrogen and oxygen atoms in total. The maximum Gasteiger partial charge on any atom is 0.422 e. The molecule has 0 radical (unpaired) electrons. The monoisotopic (exact) mass is 522 g/mol. The number of ether oxygens (including phenoxy) is 1. The van der Waals surface area contributed by atoms with Crippen molar-refractivity contribution < 1.29 is 26.7 Å². The topological polar surface area (TPSA) is 9.23 Å². The average Bonchev–Trinajstić information content (AvgIpc) is 2.87. The lowest BCUT2D eigenvalue weighted by Crippen LogP contribution is -2.30. The predicted molar refractivity (Wildman–Crippen MR) is 138 cm³/mol. The van der Waals surface area contributed by atoms with Crippen LogP contribution in [-0.2, 0) is 0 Å². The number of unbranched alkanes of at least 4 members (excludes halogenated alkanes) is 4. The molecule has 0 bridgehead atoms. The van der Waals surface area contributed by atoms with Gasteiger partial charge in [0.1, 0.15) is 0 Å². The molecule has 37 heavy (non-hydrogen) atoms. The van der Waals surface area contributed by atoms with Crippen LogP contribution in [0.1, 0.15) is 95.5 Å². The zero-order valence-electron chi connectivity index (χ0n) is 21.8. The van der Waals surface area contributed by atoms with Gasteiger partial charge in [-0.25, -0.2) is 8.78 Å². The number of fused-ring (bicyclic) bond motifs is 1. The minimum Gasteiger partial charge on any atom is -0.478 e. The maximum atomic E-state index is 14.3. The molecule has 2 aromatic carbocycles. The first kappa shape index (κ1) is 27.9. The molecule has 4 atom stereocenters. The third kappa shape index (κ3) is 7.70. The molecule has 2 aromatic rings. The lowest BCUT2D eigenvalue weighted by molar-refractivity contribution is -0.154. The van der Waals surface area contributed by atoms with E-state index < -0.39 is 30.2 Å². The highest BCUT2D eigenvalue weighted by Crippen LogP contribution is 2.48. The summed E-state index contributed by atoms with van der Waals surface area (Å²) in [5, 5.41) is 0. The van der Waals surface area contributed by atoms with E-state index in [4.69, 9.17) is 0 Å². The molecule has 2 aliphatic carbocycles. The zero-order chi connectivity index (χ0) is 26.4. The Balaban J connectivity index is 1.31. The smallest absolute Gasteiger partial charge is 0.422 e. The number of rotatable bonds is 10. The fraction of sp³-hybridized carbons (Fsp3) is 0.613. The van der Waals surface area contributed by atoms with E-state index in [0.717, 1.165) is 29.9 Å². The van der Waals surface area contributed by atoms with Crippen LogP contribution in [0.15, 0.2) is 36.4 Å². The summed E-state index contributed by atoms with van der Waals surface area (Å²) < 4.78 is 70.0. The van der Waals surface area contributed by atoms with Gasteiger partial charge in [0, 0.05) is 0 Å². The van der Waals surface area contributed by atoms with Gasteiger partial charge in [-0.15, -0.1) is 0 Å². The minimum absolute atomic E-state index is 0.276. The minimum atomic E-state index is -4.67. The van der Waals surface area contributed by atoms with Crippen LogP contribution in [0.4, 0.5) is 22.0 Å². The number of hydrogen-bond acceptors (Lipinski definition) is 1. The normalized spacial score (nSPS) is 24.1. The van der Waals surface area contributed by atoms with Crippen LogP contribution in [0.3, 0.4) is 0 Å². The summed E-state index contributed by atoms with van der Waals surface area (Å²) in [6.45, 7) is 0.522. The molecule has 0 spiro atoms. The van der Waals surface area contributed by atoms with Crippen molar-refractivity contribution in [2.45, 2.75) is 96.1 Å². The summed E-state index contributed by atoms with van der Waals surface area (Å²) in [6.07, 6.45) is 11.3. The van der Waals surface area contributed by atoms with E-state index in [9.17, 15) is 22.0 Å². The molecule has 0 amide bonds. The van der Waals surface area contributed by atoms with Crippen molar-refractivity contribution in [1.29, 1.82) is 0 Å². The van der Waals surface area contributed by atoms with Gasteiger partial charge < -0.3 is 4.74 Å². The molecule has 0 N–H and O–H groups in total. The van der Waals surface area contributed by atoms with Gasteiger partial charge in [-0.05, 0) is 84.6 Å². The van der Waals surface area contributed by atoms with Gasteiger partial charge in [-0.3, -0.25) is 0 Å². The number of benzene rings is 2. The van der Waals surface area contributed by atoms with Gasteiger partial charge in [-0.1, -0.05) is 76.1 Å². The fourth-order valence-corrected chi connectivity index (χ4v) is 6.55. The molecular weight excluding hydrogens is 483 g/mol. The van der Waals surface area contributed by atoms with E-state index in [1.807, 2.05) is 24.3 Å². The largest absolute Gasteiger partial charge is 0.478 e. The standard InChI is InChI=1S/C31H39F5O/c1-2-3-4-5-6-7-21-8-9-26-17-25(15-14-24(26)16-21)22-10-12-23(13-11-22)27-18-28(32)30(29(33)19-27)37-20-31(34,35)36/h10-13,18-19,21,24-26H,2-9,14-17,20H2,1H3/t21?,24-,25-,26-/m1/s1. The van der Waals surface area contributed by atoms with Crippen LogP contribution >= 0.6 is 0 Å². The molecule has 4 rings (SSSR count). The Hall–Kier alpha value is -2.11.